The largest absolute Gasteiger partial charge is 0.389 e. The summed E-state index contributed by atoms with van der Waals surface area (Å²) in [6.07, 6.45) is 1.59. The number of oxime groups is 1. The summed E-state index contributed by atoms with van der Waals surface area (Å²) in [5, 5.41) is 21.2. The summed E-state index contributed by atoms with van der Waals surface area (Å²) in [5.74, 6) is 0.539. The van der Waals surface area contributed by atoms with E-state index in [2.05, 4.69) is 10.3 Å². The van der Waals surface area contributed by atoms with Gasteiger partial charge in [-0.05, 0) is 29.8 Å². The molecule has 0 spiro atoms. The minimum absolute atomic E-state index is 0.0362. The third kappa shape index (κ3) is 3.36. The van der Waals surface area contributed by atoms with Crippen molar-refractivity contribution in [2.75, 3.05) is 7.05 Å². The Morgan fingerprint density at radius 2 is 2.08 bits per heavy atom. The molecule has 0 aromatic heterocycles. The van der Waals surface area contributed by atoms with Crippen LogP contribution in [0.1, 0.15) is 16.7 Å². The Kier molecular flexibility index (Phi) is 4.43. The van der Waals surface area contributed by atoms with Crippen molar-refractivity contribution in [1.82, 2.24) is 5.01 Å². The van der Waals surface area contributed by atoms with Crippen LogP contribution >= 0.6 is 11.6 Å². The molecule has 0 radical (unpaired) electrons. The Labute approximate surface area is 142 Å². The number of hydrazone groups is 1. The van der Waals surface area contributed by atoms with Crippen LogP contribution < -0.4 is 0 Å². The van der Waals surface area contributed by atoms with E-state index in [4.69, 9.17) is 16.4 Å². The highest BCUT2D eigenvalue weighted by Crippen LogP contribution is 2.22. The van der Waals surface area contributed by atoms with E-state index in [0.29, 0.717) is 17.5 Å². The fourth-order valence-corrected chi connectivity index (χ4v) is 2.39. The van der Waals surface area contributed by atoms with Gasteiger partial charge in [0.2, 0.25) is 0 Å². The van der Waals surface area contributed by atoms with E-state index < -0.39 is 4.92 Å². The van der Waals surface area contributed by atoms with Gasteiger partial charge in [-0.15, -0.1) is 0 Å². The van der Waals surface area contributed by atoms with Crippen LogP contribution in [0, 0.1) is 10.1 Å². The maximum absolute atomic E-state index is 10.7. The molecule has 0 atom stereocenters. The summed E-state index contributed by atoms with van der Waals surface area (Å²) in [4.78, 5) is 15.4. The molecule has 0 fully saturated rings. The molecular weight excluding hydrogens is 332 g/mol. The number of nitro groups is 1. The van der Waals surface area contributed by atoms with E-state index in [1.165, 1.54) is 12.1 Å². The second kappa shape index (κ2) is 6.67. The third-order valence-electron chi connectivity index (χ3n) is 3.47. The predicted molar refractivity (Wildman–Crippen MR) is 91.2 cm³/mol. The zero-order chi connectivity index (χ0) is 17.1. The predicted octanol–water partition coefficient (Wildman–Crippen LogP) is 3.41. The Bertz CT molecular complexity index is 834. The monoisotopic (exact) mass is 344 g/mol. The van der Waals surface area contributed by atoms with Crippen LogP contribution in [0.15, 0.2) is 52.7 Å². The minimum atomic E-state index is -0.443. The second-order valence-corrected chi connectivity index (χ2v) is 5.54. The summed E-state index contributed by atoms with van der Waals surface area (Å²) >= 11 is 6.05. The number of non-ortho nitro benzene ring substituents is 1. The van der Waals surface area contributed by atoms with Gasteiger partial charge in [0.05, 0.1) is 11.1 Å². The lowest BCUT2D eigenvalue weighted by molar-refractivity contribution is -0.384. The molecule has 24 heavy (non-hydrogen) atoms. The first-order chi connectivity index (χ1) is 11.5. The van der Waals surface area contributed by atoms with Crippen LogP contribution in [0.4, 0.5) is 5.69 Å². The Balaban J connectivity index is 1.80. The molecule has 1 heterocycles. The summed E-state index contributed by atoms with van der Waals surface area (Å²) in [7, 11) is 1.74. The Morgan fingerprint density at radius 3 is 2.79 bits per heavy atom. The molecule has 7 nitrogen and oxygen atoms in total. The van der Waals surface area contributed by atoms with E-state index in [1.54, 1.807) is 36.5 Å². The van der Waals surface area contributed by atoms with E-state index in [-0.39, 0.29) is 5.69 Å². The van der Waals surface area contributed by atoms with Gasteiger partial charge in [0.1, 0.15) is 6.61 Å². The van der Waals surface area contributed by atoms with Gasteiger partial charge in [-0.1, -0.05) is 22.8 Å². The standard InChI is InChI=1S/C16H13ClN4O3/c1-20(18-9-11-2-6-14(7-3-11)21(22)23)16-15-8-13(17)5-4-12(15)10-24-19-16/h2-9H,10H2,1H3/b18-9-. The highest BCUT2D eigenvalue weighted by atomic mass is 35.5. The van der Waals surface area contributed by atoms with Gasteiger partial charge >= 0.3 is 0 Å². The van der Waals surface area contributed by atoms with Crippen molar-refractivity contribution < 1.29 is 9.76 Å². The molecular formula is C16H13ClN4O3. The van der Waals surface area contributed by atoms with Crippen molar-refractivity contribution in [3.05, 3.63) is 74.3 Å². The van der Waals surface area contributed by atoms with Gasteiger partial charge in [-0.25, -0.2) is 5.01 Å². The topological polar surface area (TPSA) is 80.3 Å². The minimum Gasteiger partial charge on any atom is -0.389 e. The third-order valence-corrected chi connectivity index (χ3v) is 3.71. The normalized spacial score (nSPS) is 13.2. The number of fused-ring (bicyclic) bond motifs is 1. The molecule has 3 rings (SSSR count). The maximum Gasteiger partial charge on any atom is 0.269 e. The fraction of sp³-hybridized carbons (Fsp3) is 0.125. The Hall–Kier alpha value is -2.93. The highest BCUT2D eigenvalue weighted by molar-refractivity contribution is 6.31. The molecule has 2 aromatic rings. The molecule has 0 N–H and O–H groups in total. The molecule has 0 amide bonds. The summed E-state index contributed by atoms with van der Waals surface area (Å²) in [5.41, 5.74) is 2.60. The van der Waals surface area contributed by atoms with Crippen molar-refractivity contribution >= 4 is 29.3 Å². The Morgan fingerprint density at radius 1 is 1.33 bits per heavy atom. The first-order valence-electron chi connectivity index (χ1n) is 7.05. The highest BCUT2D eigenvalue weighted by Gasteiger charge is 2.19. The second-order valence-electron chi connectivity index (χ2n) is 5.11. The molecule has 0 bridgehead atoms. The molecule has 1 aliphatic heterocycles. The van der Waals surface area contributed by atoms with E-state index in [0.717, 1.165) is 16.7 Å². The molecule has 0 saturated heterocycles. The molecule has 0 aliphatic carbocycles. The van der Waals surface area contributed by atoms with Crippen LogP contribution in [-0.4, -0.2) is 29.0 Å². The molecule has 0 unspecified atom stereocenters. The average Bonchev–Trinajstić information content (AvgIpc) is 2.59. The van der Waals surface area contributed by atoms with Gasteiger partial charge in [-0.3, -0.25) is 10.1 Å². The van der Waals surface area contributed by atoms with Crippen LogP contribution in [0.2, 0.25) is 5.02 Å². The van der Waals surface area contributed by atoms with Crippen molar-refractivity contribution in [3.8, 4) is 0 Å². The van der Waals surface area contributed by atoms with Crippen LogP contribution in [0.3, 0.4) is 0 Å². The SMILES string of the molecule is CN(/N=C\c1ccc([N+](=O)[O-])cc1)C1=NOCc2ccc(Cl)cc21. The smallest absolute Gasteiger partial charge is 0.269 e. The van der Waals surface area contributed by atoms with Crippen molar-refractivity contribution in [2.24, 2.45) is 10.3 Å². The number of amidine groups is 1. The number of halogens is 1. The number of rotatable bonds is 3. The van der Waals surface area contributed by atoms with Crippen molar-refractivity contribution in [2.45, 2.75) is 6.61 Å². The lowest BCUT2D eigenvalue weighted by atomic mass is 10.1. The van der Waals surface area contributed by atoms with E-state index in [1.807, 2.05) is 12.1 Å². The number of hydrogen-bond donors (Lipinski definition) is 0. The van der Waals surface area contributed by atoms with Crippen LogP contribution in [0.25, 0.3) is 0 Å². The maximum atomic E-state index is 10.7. The molecule has 122 valence electrons. The first kappa shape index (κ1) is 15.9. The first-order valence-corrected chi connectivity index (χ1v) is 7.43. The van der Waals surface area contributed by atoms with Crippen LogP contribution in [0.5, 0.6) is 0 Å². The summed E-state index contributed by atoms with van der Waals surface area (Å²) in [6, 6.07) is 11.6. The summed E-state index contributed by atoms with van der Waals surface area (Å²) < 4.78 is 0. The number of benzene rings is 2. The number of nitrogens with zero attached hydrogens (tertiary/aromatic N) is 4. The van der Waals surface area contributed by atoms with Gasteiger partial charge in [0.25, 0.3) is 5.69 Å². The summed E-state index contributed by atoms with van der Waals surface area (Å²) in [6.45, 7) is 0.385. The molecule has 1 aliphatic rings. The van der Waals surface area contributed by atoms with Gasteiger partial charge < -0.3 is 4.84 Å². The zero-order valence-electron chi connectivity index (χ0n) is 12.7. The quantitative estimate of drug-likeness (QED) is 0.485. The van der Waals surface area contributed by atoms with Gasteiger partial charge in [0.15, 0.2) is 5.84 Å². The number of hydrogen-bond acceptors (Lipinski definition) is 6. The van der Waals surface area contributed by atoms with E-state index in [9.17, 15) is 10.1 Å². The number of nitro benzene ring substituents is 1. The fourth-order valence-electron chi connectivity index (χ4n) is 2.22. The van der Waals surface area contributed by atoms with Gasteiger partial charge in [-0.2, -0.15) is 5.10 Å². The molecule has 2 aromatic carbocycles. The van der Waals surface area contributed by atoms with Crippen molar-refractivity contribution in [3.63, 3.8) is 0 Å². The lowest BCUT2D eigenvalue weighted by Gasteiger charge is -2.21. The van der Waals surface area contributed by atoms with E-state index >= 15 is 0 Å². The van der Waals surface area contributed by atoms with Crippen molar-refractivity contribution in [1.29, 1.82) is 0 Å². The molecule has 0 saturated carbocycles. The van der Waals surface area contributed by atoms with Gasteiger partial charge in [0, 0.05) is 35.3 Å². The van der Waals surface area contributed by atoms with Crippen LogP contribution in [-0.2, 0) is 11.4 Å². The average molecular weight is 345 g/mol. The lowest BCUT2D eigenvalue weighted by Crippen LogP contribution is -2.26. The molecule has 8 heteroatoms. The zero-order valence-corrected chi connectivity index (χ0v) is 13.5.